The van der Waals surface area contributed by atoms with E-state index in [1.54, 1.807) is 4.90 Å². The number of rotatable bonds is 6. The van der Waals surface area contributed by atoms with Crippen LogP contribution >= 0.6 is 11.6 Å². The highest BCUT2D eigenvalue weighted by Crippen LogP contribution is 2.20. The molecule has 3 amide bonds. The van der Waals surface area contributed by atoms with Crippen molar-refractivity contribution >= 4 is 40.7 Å². The molecule has 2 aromatic rings. The van der Waals surface area contributed by atoms with E-state index in [9.17, 15) is 14.4 Å². The summed E-state index contributed by atoms with van der Waals surface area (Å²) in [6, 6.07) is 12.8. The first kappa shape index (κ1) is 25.0. The predicted molar refractivity (Wildman–Crippen MR) is 138 cm³/mol. The molecule has 2 aromatic carbocycles. The summed E-state index contributed by atoms with van der Waals surface area (Å²) >= 11 is 5.99. The van der Waals surface area contributed by atoms with E-state index in [4.69, 9.17) is 11.6 Å². The highest BCUT2D eigenvalue weighted by molar-refractivity contribution is 6.30. The van der Waals surface area contributed by atoms with Crippen LogP contribution < -0.4 is 15.5 Å². The summed E-state index contributed by atoms with van der Waals surface area (Å²) in [5, 5.41) is 6.38. The first-order valence-electron chi connectivity index (χ1n) is 12.0. The number of hydrogen-bond donors (Lipinski definition) is 2. The van der Waals surface area contributed by atoms with Gasteiger partial charge >= 0.3 is 0 Å². The molecule has 2 aliphatic rings. The van der Waals surface area contributed by atoms with E-state index in [-0.39, 0.29) is 30.7 Å². The van der Waals surface area contributed by atoms with Crippen molar-refractivity contribution in [3.8, 4) is 0 Å². The number of benzene rings is 2. The minimum Gasteiger partial charge on any atom is -0.369 e. The highest BCUT2D eigenvalue weighted by atomic mass is 35.5. The van der Waals surface area contributed by atoms with Crippen molar-refractivity contribution in [1.82, 2.24) is 15.1 Å². The van der Waals surface area contributed by atoms with Crippen LogP contribution in [-0.4, -0.2) is 79.4 Å². The number of piperazine rings is 2. The molecule has 0 radical (unpaired) electrons. The van der Waals surface area contributed by atoms with Crippen molar-refractivity contribution < 1.29 is 14.4 Å². The van der Waals surface area contributed by atoms with Crippen LogP contribution in [0.5, 0.6) is 0 Å². The Labute approximate surface area is 211 Å². The number of hydrogen-bond acceptors (Lipinski definition) is 5. The van der Waals surface area contributed by atoms with Gasteiger partial charge in [-0.2, -0.15) is 0 Å². The molecule has 0 unspecified atom stereocenters. The van der Waals surface area contributed by atoms with Crippen LogP contribution in [0.25, 0.3) is 0 Å². The maximum absolute atomic E-state index is 13.2. The Balaban J connectivity index is 1.33. The summed E-state index contributed by atoms with van der Waals surface area (Å²) in [5.41, 5.74) is 3.90. The topological polar surface area (TPSA) is 85.0 Å². The van der Waals surface area contributed by atoms with E-state index in [0.29, 0.717) is 23.8 Å². The molecule has 0 spiro atoms. The molecule has 2 aliphatic heterocycles. The first-order chi connectivity index (χ1) is 16.8. The fourth-order valence-electron chi connectivity index (χ4n) is 4.75. The maximum Gasteiger partial charge on any atom is 0.243 e. The Morgan fingerprint density at radius 2 is 1.66 bits per heavy atom. The van der Waals surface area contributed by atoms with Crippen molar-refractivity contribution in [3.63, 3.8) is 0 Å². The Kier molecular flexibility index (Phi) is 7.93. The van der Waals surface area contributed by atoms with Gasteiger partial charge in [0.2, 0.25) is 17.7 Å². The molecule has 0 aromatic heterocycles. The van der Waals surface area contributed by atoms with Gasteiger partial charge in [0.15, 0.2) is 0 Å². The number of halogens is 1. The quantitative estimate of drug-likeness (QED) is 0.640. The van der Waals surface area contributed by atoms with Crippen molar-refractivity contribution in [3.05, 3.63) is 58.6 Å². The minimum absolute atomic E-state index is 0.0745. The van der Waals surface area contributed by atoms with Crippen LogP contribution in [0.1, 0.15) is 17.5 Å². The third-order valence-electron chi connectivity index (χ3n) is 6.46. The predicted octanol–water partition coefficient (Wildman–Crippen LogP) is 2.43. The van der Waals surface area contributed by atoms with Crippen molar-refractivity contribution in [2.45, 2.75) is 26.3 Å². The zero-order chi connectivity index (χ0) is 24.9. The lowest BCUT2D eigenvalue weighted by Gasteiger charge is -2.39. The van der Waals surface area contributed by atoms with Gasteiger partial charge in [-0.1, -0.05) is 17.7 Å². The number of amides is 3. The van der Waals surface area contributed by atoms with Gasteiger partial charge in [-0.05, 0) is 61.4 Å². The number of nitrogens with zero attached hydrogens (tertiary/aromatic N) is 3. The summed E-state index contributed by atoms with van der Waals surface area (Å²) < 4.78 is 0. The van der Waals surface area contributed by atoms with E-state index < -0.39 is 6.04 Å². The largest absolute Gasteiger partial charge is 0.369 e. The highest BCUT2D eigenvalue weighted by Gasteiger charge is 2.35. The number of carbonyl (C=O) groups is 3. The first-order valence-corrected chi connectivity index (χ1v) is 12.3. The second-order valence-corrected chi connectivity index (χ2v) is 9.70. The van der Waals surface area contributed by atoms with E-state index >= 15 is 0 Å². The Bertz CT molecular complexity index is 1060. The van der Waals surface area contributed by atoms with Gasteiger partial charge in [0, 0.05) is 55.7 Å². The number of nitrogens with one attached hydrogen (secondary N) is 2. The number of carbonyl (C=O) groups excluding carboxylic acids is 3. The van der Waals surface area contributed by atoms with Crippen molar-refractivity contribution in [2.24, 2.45) is 0 Å². The van der Waals surface area contributed by atoms with Crippen LogP contribution in [0, 0.1) is 13.8 Å². The molecule has 9 heteroatoms. The standard InChI is InChI=1S/C26H32ClN5O3/c1-18-13-19(2)15-21(14-18)29-24(33)16-23-26(35)28-7-8-32(23)25(34)17-30-9-11-31(12-10-30)22-5-3-20(27)4-6-22/h3-6,13-15,23H,7-12,16-17H2,1-2H3,(H,28,35)(H,29,33)/t23-/m1/s1. The Morgan fingerprint density at radius 1 is 1.00 bits per heavy atom. The van der Waals surface area contributed by atoms with Crippen LogP contribution in [0.3, 0.4) is 0 Å². The van der Waals surface area contributed by atoms with Gasteiger partial charge in [-0.3, -0.25) is 19.3 Å². The SMILES string of the molecule is Cc1cc(C)cc(NC(=O)C[C@@H]2C(=O)NCCN2C(=O)CN2CCN(c3ccc(Cl)cc3)CC2)c1. The lowest BCUT2D eigenvalue weighted by molar-refractivity contribution is -0.145. The Hall–Kier alpha value is -3.10. The monoisotopic (exact) mass is 497 g/mol. The van der Waals surface area contributed by atoms with Gasteiger partial charge in [0.1, 0.15) is 6.04 Å². The summed E-state index contributed by atoms with van der Waals surface area (Å²) in [4.78, 5) is 44.5. The second-order valence-electron chi connectivity index (χ2n) is 9.26. The van der Waals surface area contributed by atoms with Crippen LogP contribution in [0.2, 0.25) is 5.02 Å². The maximum atomic E-state index is 13.2. The molecular weight excluding hydrogens is 466 g/mol. The van der Waals surface area contributed by atoms with Gasteiger partial charge < -0.3 is 20.4 Å². The van der Waals surface area contributed by atoms with Gasteiger partial charge in [-0.25, -0.2) is 0 Å². The van der Waals surface area contributed by atoms with Gasteiger partial charge in [0.05, 0.1) is 13.0 Å². The average molecular weight is 498 g/mol. The normalized spacial score (nSPS) is 18.8. The Morgan fingerprint density at radius 3 is 2.31 bits per heavy atom. The number of anilines is 2. The molecule has 0 aliphatic carbocycles. The molecule has 35 heavy (non-hydrogen) atoms. The number of aryl methyl sites for hydroxylation is 2. The second kappa shape index (κ2) is 11.1. The summed E-state index contributed by atoms with van der Waals surface area (Å²) in [7, 11) is 0. The smallest absolute Gasteiger partial charge is 0.243 e. The minimum atomic E-state index is -0.808. The molecule has 2 saturated heterocycles. The van der Waals surface area contributed by atoms with Gasteiger partial charge in [-0.15, -0.1) is 0 Å². The third-order valence-corrected chi connectivity index (χ3v) is 6.71. The molecular formula is C26H32ClN5O3. The van der Waals surface area contributed by atoms with Crippen LogP contribution in [0.4, 0.5) is 11.4 Å². The summed E-state index contributed by atoms with van der Waals surface area (Å²) in [5.74, 6) is -0.692. The zero-order valence-electron chi connectivity index (χ0n) is 20.2. The molecule has 1 atom stereocenters. The average Bonchev–Trinajstić information content (AvgIpc) is 2.80. The van der Waals surface area contributed by atoms with Crippen LogP contribution in [-0.2, 0) is 14.4 Å². The lowest BCUT2D eigenvalue weighted by atomic mass is 10.1. The fraction of sp³-hybridized carbons (Fsp3) is 0.423. The molecule has 0 bridgehead atoms. The molecule has 2 fully saturated rings. The van der Waals surface area contributed by atoms with Gasteiger partial charge in [0.25, 0.3) is 0 Å². The molecule has 8 nitrogen and oxygen atoms in total. The van der Waals surface area contributed by atoms with Crippen molar-refractivity contribution in [2.75, 3.05) is 56.0 Å². The molecule has 186 valence electrons. The van der Waals surface area contributed by atoms with E-state index in [1.807, 2.05) is 56.3 Å². The van der Waals surface area contributed by atoms with E-state index in [2.05, 4.69) is 20.4 Å². The molecule has 2 N–H and O–H groups in total. The fourth-order valence-corrected chi connectivity index (χ4v) is 4.87. The lowest BCUT2D eigenvalue weighted by Crippen LogP contribution is -2.60. The summed E-state index contributed by atoms with van der Waals surface area (Å²) in [6.45, 7) is 8.05. The zero-order valence-corrected chi connectivity index (χ0v) is 21.0. The van der Waals surface area contributed by atoms with E-state index in [1.165, 1.54) is 0 Å². The summed E-state index contributed by atoms with van der Waals surface area (Å²) in [6.07, 6.45) is -0.0745. The third kappa shape index (κ3) is 6.52. The van der Waals surface area contributed by atoms with Crippen molar-refractivity contribution in [1.29, 1.82) is 0 Å². The molecule has 4 rings (SSSR count). The van der Waals surface area contributed by atoms with Crippen LogP contribution in [0.15, 0.2) is 42.5 Å². The molecule has 2 heterocycles. The van der Waals surface area contributed by atoms with E-state index in [0.717, 1.165) is 43.0 Å². The molecule has 0 saturated carbocycles.